The molecule has 0 unspecified atom stereocenters. The van der Waals surface area contributed by atoms with Crippen LogP contribution in [0, 0.1) is 0 Å². The molecule has 0 aliphatic rings. The Morgan fingerprint density at radius 1 is 1.30 bits per heavy atom. The first-order chi connectivity index (χ1) is 9.79. The van der Waals surface area contributed by atoms with Gasteiger partial charge in [-0.2, -0.15) is 10.1 Å². The van der Waals surface area contributed by atoms with Crippen molar-refractivity contribution in [2.75, 3.05) is 0 Å². The van der Waals surface area contributed by atoms with Crippen molar-refractivity contribution in [1.29, 1.82) is 0 Å². The molecule has 0 saturated carbocycles. The topological polar surface area (TPSA) is 69.6 Å². The van der Waals surface area contributed by atoms with Crippen LogP contribution in [0.2, 0.25) is 0 Å². The molecule has 7 heteroatoms. The maximum atomic E-state index is 5.23. The van der Waals surface area contributed by atoms with Crippen molar-refractivity contribution in [3.05, 3.63) is 58.7 Å². The number of halogens is 1. The lowest BCUT2D eigenvalue weighted by Gasteiger charge is -1.97. The monoisotopic (exact) mass is 333 g/mol. The Bertz CT molecular complexity index is 680. The number of rotatable bonds is 5. The first-order valence-electron chi connectivity index (χ1n) is 6.18. The van der Waals surface area contributed by atoms with Crippen LogP contribution >= 0.6 is 15.9 Å². The van der Waals surface area contributed by atoms with Crippen LogP contribution < -0.4 is 0 Å². The van der Waals surface area contributed by atoms with Crippen molar-refractivity contribution in [2.45, 2.75) is 19.4 Å². The van der Waals surface area contributed by atoms with Crippen LogP contribution in [0.25, 0.3) is 0 Å². The third kappa shape index (κ3) is 3.30. The van der Waals surface area contributed by atoms with Crippen molar-refractivity contribution in [1.82, 2.24) is 24.9 Å². The molecule has 0 atom stereocenters. The molecule has 0 spiro atoms. The zero-order chi connectivity index (χ0) is 13.8. The smallest absolute Gasteiger partial charge is 0.228 e. The van der Waals surface area contributed by atoms with E-state index in [9.17, 15) is 0 Å². The predicted octanol–water partition coefficient (Wildman–Crippen LogP) is 2.26. The molecule has 20 heavy (non-hydrogen) atoms. The summed E-state index contributed by atoms with van der Waals surface area (Å²) >= 11 is 3.45. The molecule has 2 heterocycles. The molecule has 1 aromatic carbocycles. The molecule has 0 aliphatic heterocycles. The Kier molecular flexibility index (Phi) is 3.87. The van der Waals surface area contributed by atoms with E-state index < -0.39 is 0 Å². The van der Waals surface area contributed by atoms with Crippen molar-refractivity contribution < 1.29 is 4.52 Å². The van der Waals surface area contributed by atoms with Crippen LogP contribution in [-0.4, -0.2) is 24.9 Å². The van der Waals surface area contributed by atoms with Gasteiger partial charge in [0, 0.05) is 17.3 Å². The number of nitrogens with zero attached hydrogens (tertiary/aromatic N) is 5. The molecule has 102 valence electrons. The minimum absolute atomic E-state index is 0.616. The molecule has 0 bridgehead atoms. The van der Waals surface area contributed by atoms with E-state index in [4.69, 9.17) is 4.52 Å². The van der Waals surface area contributed by atoms with Gasteiger partial charge in [0.1, 0.15) is 12.7 Å². The maximum Gasteiger partial charge on any atom is 0.228 e. The highest BCUT2D eigenvalue weighted by atomic mass is 79.9. The number of benzene rings is 1. The van der Waals surface area contributed by atoms with Gasteiger partial charge < -0.3 is 4.52 Å². The summed E-state index contributed by atoms with van der Waals surface area (Å²) in [5, 5.41) is 8.02. The molecule has 0 fully saturated rings. The van der Waals surface area contributed by atoms with Gasteiger partial charge in [-0.05, 0) is 17.7 Å². The Morgan fingerprint density at radius 3 is 3.05 bits per heavy atom. The Morgan fingerprint density at radius 2 is 2.25 bits per heavy atom. The predicted molar refractivity (Wildman–Crippen MR) is 75.0 cm³/mol. The molecular formula is C13H12BrN5O. The first kappa shape index (κ1) is 13.0. The second kappa shape index (κ2) is 5.96. The van der Waals surface area contributed by atoms with Crippen molar-refractivity contribution in [3.63, 3.8) is 0 Å². The summed E-state index contributed by atoms with van der Waals surface area (Å²) < 4.78 is 8.01. The third-order valence-electron chi connectivity index (χ3n) is 2.78. The van der Waals surface area contributed by atoms with E-state index in [2.05, 4.69) is 36.2 Å². The molecule has 3 aromatic rings. The molecule has 0 N–H and O–H groups in total. The highest BCUT2D eigenvalue weighted by Gasteiger charge is 2.07. The minimum atomic E-state index is 0.616. The number of hydrogen-bond donors (Lipinski definition) is 0. The summed E-state index contributed by atoms with van der Waals surface area (Å²) in [6.45, 7) is 0.679. The quantitative estimate of drug-likeness (QED) is 0.716. The minimum Gasteiger partial charge on any atom is -0.339 e. The molecule has 2 aromatic heterocycles. The molecule has 0 aliphatic carbocycles. The van der Waals surface area contributed by atoms with Crippen molar-refractivity contribution >= 4 is 15.9 Å². The average molecular weight is 334 g/mol. The van der Waals surface area contributed by atoms with Crippen LogP contribution in [0.5, 0.6) is 0 Å². The first-order valence-corrected chi connectivity index (χ1v) is 6.97. The van der Waals surface area contributed by atoms with E-state index in [1.54, 1.807) is 11.0 Å². The summed E-state index contributed by atoms with van der Waals surface area (Å²) in [6.07, 6.45) is 4.48. The molecule has 6 nitrogen and oxygen atoms in total. The lowest BCUT2D eigenvalue weighted by molar-refractivity contribution is 0.365. The summed E-state index contributed by atoms with van der Waals surface area (Å²) in [5.74, 6) is 1.31. The highest BCUT2D eigenvalue weighted by molar-refractivity contribution is 9.10. The van der Waals surface area contributed by atoms with E-state index >= 15 is 0 Å². The van der Waals surface area contributed by atoms with E-state index in [1.807, 2.05) is 24.3 Å². The van der Waals surface area contributed by atoms with Crippen LogP contribution in [-0.2, 0) is 19.4 Å². The van der Waals surface area contributed by atoms with E-state index in [0.717, 1.165) is 10.0 Å². The lowest BCUT2D eigenvalue weighted by atomic mass is 10.1. The fourth-order valence-corrected chi connectivity index (χ4v) is 2.30. The normalized spacial score (nSPS) is 10.8. The third-order valence-corrected chi connectivity index (χ3v) is 3.28. The molecular weight excluding hydrogens is 322 g/mol. The Balaban J connectivity index is 1.62. The summed E-state index contributed by atoms with van der Waals surface area (Å²) in [4.78, 5) is 8.26. The average Bonchev–Trinajstić information content (AvgIpc) is 3.07. The lowest BCUT2D eigenvalue weighted by Crippen LogP contribution is -2.02. The molecule has 0 radical (unpaired) electrons. The van der Waals surface area contributed by atoms with Gasteiger partial charge in [-0.3, -0.25) is 4.68 Å². The van der Waals surface area contributed by atoms with Gasteiger partial charge in [0.05, 0.1) is 6.54 Å². The Labute approximate surface area is 124 Å². The maximum absolute atomic E-state index is 5.23. The van der Waals surface area contributed by atoms with Gasteiger partial charge in [0.25, 0.3) is 0 Å². The summed E-state index contributed by atoms with van der Waals surface area (Å²) in [6, 6.07) is 8.07. The van der Waals surface area contributed by atoms with Gasteiger partial charge in [-0.25, -0.2) is 4.98 Å². The van der Waals surface area contributed by atoms with Gasteiger partial charge in [-0.1, -0.05) is 33.2 Å². The highest BCUT2D eigenvalue weighted by Crippen LogP contribution is 2.14. The van der Waals surface area contributed by atoms with Crippen LogP contribution in [0.15, 0.2) is 45.9 Å². The number of aryl methyl sites for hydroxylation is 2. The van der Waals surface area contributed by atoms with Gasteiger partial charge in [-0.15, -0.1) is 0 Å². The van der Waals surface area contributed by atoms with E-state index in [1.165, 1.54) is 6.33 Å². The van der Waals surface area contributed by atoms with Crippen molar-refractivity contribution in [2.24, 2.45) is 0 Å². The van der Waals surface area contributed by atoms with Gasteiger partial charge >= 0.3 is 0 Å². The zero-order valence-corrected chi connectivity index (χ0v) is 12.2. The number of aromatic nitrogens is 5. The molecule has 0 saturated heterocycles. The fraction of sp³-hybridized carbons (Fsp3) is 0.231. The second-order valence-corrected chi connectivity index (χ2v) is 5.24. The standard InChI is InChI=1S/C13H12BrN5O/c14-11-3-1-2-10(6-11)7-12-17-13(20-18-12)4-5-19-9-15-8-16-19/h1-3,6,8-9H,4-5,7H2. The fourth-order valence-electron chi connectivity index (χ4n) is 1.85. The van der Waals surface area contributed by atoms with Crippen LogP contribution in [0.3, 0.4) is 0 Å². The molecule has 3 rings (SSSR count). The summed E-state index contributed by atoms with van der Waals surface area (Å²) in [5.41, 5.74) is 1.14. The van der Waals surface area contributed by atoms with Crippen molar-refractivity contribution in [3.8, 4) is 0 Å². The SMILES string of the molecule is Brc1cccc(Cc2noc(CCn3cncn3)n2)c1. The largest absolute Gasteiger partial charge is 0.339 e. The zero-order valence-electron chi connectivity index (χ0n) is 10.6. The Hall–Kier alpha value is -2.02. The van der Waals surface area contributed by atoms with Gasteiger partial charge in [0.15, 0.2) is 5.82 Å². The van der Waals surface area contributed by atoms with E-state index in [-0.39, 0.29) is 0 Å². The summed E-state index contributed by atoms with van der Waals surface area (Å²) in [7, 11) is 0. The second-order valence-electron chi connectivity index (χ2n) is 4.32. The molecule has 0 amide bonds. The number of hydrogen-bond acceptors (Lipinski definition) is 5. The van der Waals surface area contributed by atoms with E-state index in [0.29, 0.717) is 31.1 Å². The van der Waals surface area contributed by atoms with Gasteiger partial charge in [0.2, 0.25) is 5.89 Å². The van der Waals surface area contributed by atoms with Crippen LogP contribution in [0.1, 0.15) is 17.3 Å². The van der Waals surface area contributed by atoms with Crippen LogP contribution in [0.4, 0.5) is 0 Å².